The lowest BCUT2D eigenvalue weighted by Gasteiger charge is -2.43. The van der Waals surface area contributed by atoms with Crippen molar-refractivity contribution in [1.29, 1.82) is 5.26 Å². The minimum Gasteiger partial charge on any atom is -0.493 e. The number of carbonyl (C=O) groups excluding carboxylic acids is 1. The minimum atomic E-state index is -0.628. The van der Waals surface area contributed by atoms with Gasteiger partial charge in [-0.2, -0.15) is 5.26 Å². The van der Waals surface area contributed by atoms with Gasteiger partial charge in [0.1, 0.15) is 18.2 Å². The van der Waals surface area contributed by atoms with Crippen molar-refractivity contribution in [2.24, 2.45) is 11.1 Å². The van der Waals surface area contributed by atoms with Crippen LogP contribution < -0.4 is 15.2 Å². The number of allylic oxidation sites excluding steroid dienone is 3. The summed E-state index contributed by atoms with van der Waals surface area (Å²) in [7, 11) is 3.11. The normalized spacial score (nSPS) is 19.0. The Morgan fingerprint density at radius 1 is 1.16 bits per heavy atom. The Kier molecular flexibility index (Phi) is 7.55. The van der Waals surface area contributed by atoms with E-state index in [2.05, 4.69) is 19.9 Å². The maximum atomic E-state index is 14.1. The van der Waals surface area contributed by atoms with Crippen LogP contribution in [0.2, 0.25) is 0 Å². The molecule has 0 bridgehead atoms. The molecule has 0 unspecified atom stereocenters. The van der Waals surface area contributed by atoms with Gasteiger partial charge in [-0.05, 0) is 35.6 Å². The first-order chi connectivity index (χ1) is 17.7. The molecule has 194 valence electrons. The molecule has 0 saturated heterocycles. The zero-order valence-corrected chi connectivity index (χ0v) is 21.6. The fraction of sp³-hybridized carbons (Fsp3) is 0.379. The predicted molar refractivity (Wildman–Crippen MR) is 137 cm³/mol. The van der Waals surface area contributed by atoms with Gasteiger partial charge in [0.15, 0.2) is 17.3 Å². The van der Waals surface area contributed by atoms with E-state index in [-0.39, 0.29) is 23.6 Å². The number of nitrogens with two attached hydrogens (primary N) is 1. The summed E-state index contributed by atoms with van der Waals surface area (Å²) in [6.45, 7) is 4.98. The highest BCUT2D eigenvalue weighted by Crippen LogP contribution is 2.49. The van der Waals surface area contributed by atoms with Gasteiger partial charge in [-0.25, -0.2) is 4.39 Å². The molecule has 1 heterocycles. The molecule has 4 rings (SSSR count). The van der Waals surface area contributed by atoms with Crippen molar-refractivity contribution in [2.45, 2.75) is 39.2 Å². The summed E-state index contributed by atoms with van der Waals surface area (Å²) >= 11 is 0. The van der Waals surface area contributed by atoms with E-state index in [1.54, 1.807) is 43.5 Å². The Morgan fingerprint density at radius 2 is 1.92 bits per heavy atom. The second kappa shape index (κ2) is 10.7. The van der Waals surface area contributed by atoms with Gasteiger partial charge >= 0.3 is 0 Å². The second-order valence-electron chi connectivity index (χ2n) is 10.1. The van der Waals surface area contributed by atoms with Gasteiger partial charge < -0.3 is 24.8 Å². The quantitative estimate of drug-likeness (QED) is 0.551. The number of halogens is 1. The molecule has 0 aromatic heterocycles. The molecule has 1 atom stereocenters. The summed E-state index contributed by atoms with van der Waals surface area (Å²) in [5, 5.41) is 10.2. The van der Waals surface area contributed by atoms with E-state index in [0.29, 0.717) is 65.6 Å². The summed E-state index contributed by atoms with van der Waals surface area (Å²) in [4.78, 5) is 15.4. The molecular formula is C29H32FN3O4. The van der Waals surface area contributed by atoms with Gasteiger partial charge in [0.2, 0.25) is 0 Å². The second-order valence-corrected chi connectivity index (χ2v) is 10.1. The molecule has 2 aliphatic rings. The van der Waals surface area contributed by atoms with E-state index >= 15 is 0 Å². The van der Waals surface area contributed by atoms with Crippen molar-refractivity contribution in [3.8, 4) is 17.6 Å². The van der Waals surface area contributed by atoms with E-state index < -0.39 is 5.92 Å². The lowest BCUT2D eigenvalue weighted by Crippen LogP contribution is -2.43. The van der Waals surface area contributed by atoms with Gasteiger partial charge in [-0.3, -0.25) is 4.79 Å². The predicted octanol–water partition coefficient (Wildman–Crippen LogP) is 4.80. The maximum Gasteiger partial charge on any atom is 0.162 e. The van der Waals surface area contributed by atoms with Crippen LogP contribution in [0, 0.1) is 22.6 Å². The molecule has 2 aromatic rings. The smallest absolute Gasteiger partial charge is 0.162 e. The minimum absolute atomic E-state index is 0.00207. The van der Waals surface area contributed by atoms with Crippen LogP contribution in [0.4, 0.5) is 4.39 Å². The number of benzene rings is 2. The zero-order chi connectivity index (χ0) is 26.7. The van der Waals surface area contributed by atoms with Crippen LogP contribution in [0.1, 0.15) is 43.7 Å². The van der Waals surface area contributed by atoms with Crippen LogP contribution in [0.25, 0.3) is 0 Å². The molecule has 37 heavy (non-hydrogen) atoms. The van der Waals surface area contributed by atoms with Crippen LogP contribution in [-0.2, 0) is 16.1 Å². The van der Waals surface area contributed by atoms with Crippen molar-refractivity contribution < 1.29 is 23.4 Å². The topological polar surface area (TPSA) is 97.8 Å². The van der Waals surface area contributed by atoms with Crippen molar-refractivity contribution in [3.05, 3.63) is 82.1 Å². The summed E-state index contributed by atoms with van der Waals surface area (Å²) in [6, 6.07) is 13.9. The molecule has 2 N–H and O–H groups in total. The highest BCUT2D eigenvalue weighted by molar-refractivity contribution is 6.00. The lowest BCUT2D eigenvalue weighted by atomic mass is 9.68. The zero-order valence-electron chi connectivity index (χ0n) is 21.6. The van der Waals surface area contributed by atoms with Gasteiger partial charge in [-0.1, -0.05) is 38.1 Å². The molecule has 0 saturated carbocycles. The number of methoxy groups -OCH3 is 2. The van der Waals surface area contributed by atoms with Crippen molar-refractivity contribution >= 4 is 5.78 Å². The van der Waals surface area contributed by atoms with Crippen LogP contribution in [-0.4, -0.2) is 38.1 Å². The molecular weight excluding hydrogens is 473 g/mol. The maximum absolute atomic E-state index is 14.1. The van der Waals surface area contributed by atoms with E-state index in [0.717, 1.165) is 5.70 Å². The highest BCUT2D eigenvalue weighted by atomic mass is 19.1. The first kappa shape index (κ1) is 26.2. The summed E-state index contributed by atoms with van der Waals surface area (Å²) < 4.78 is 30.8. The standard InChI is InChI=1S/C29H32FN3O4/c1-29(2)14-22-27(23(34)15-29)26(20(16-31)28(32)33(22)11-12-35-3)18-9-10-24(25(13-18)36-4)37-17-19-7-5-6-8-21(19)30/h5-10,13,26H,11-12,14-15,17,32H2,1-4H3/t26-/m1/s1. The Bertz CT molecular complexity index is 1310. The molecule has 0 radical (unpaired) electrons. The lowest BCUT2D eigenvalue weighted by molar-refractivity contribution is -0.118. The summed E-state index contributed by atoms with van der Waals surface area (Å²) in [5.41, 5.74) is 9.17. The Balaban J connectivity index is 1.76. The number of nitrogens with zero attached hydrogens (tertiary/aromatic N) is 2. The van der Waals surface area contributed by atoms with Crippen LogP contribution in [0.3, 0.4) is 0 Å². The third-order valence-corrected chi connectivity index (χ3v) is 6.87. The van der Waals surface area contributed by atoms with Crippen LogP contribution in [0.15, 0.2) is 65.1 Å². The molecule has 0 amide bonds. The Hall–Kier alpha value is -3.83. The van der Waals surface area contributed by atoms with Gasteiger partial charge in [-0.15, -0.1) is 0 Å². The summed E-state index contributed by atoms with van der Waals surface area (Å²) in [5.74, 6) is 0.183. The van der Waals surface area contributed by atoms with E-state index in [9.17, 15) is 14.4 Å². The third-order valence-electron chi connectivity index (χ3n) is 6.87. The van der Waals surface area contributed by atoms with Gasteiger partial charge in [0.05, 0.1) is 31.3 Å². The Labute approximate surface area is 216 Å². The number of ketones is 1. The first-order valence-electron chi connectivity index (χ1n) is 12.2. The van der Waals surface area contributed by atoms with E-state index in [1.165, 1.54) is 13.2 Å². The fourth-order valence-corrected chi connectivity index (χ4v) is 5.10. The molecule has 7 nitrogen and oxygen atoms in total. The van der Waals surface area contributed by atoms with Gasteiger partial charge in [0.25, 0.3) is 0 Å². The number of rotatable bonds is 8. The average molecular weight is 506 g/mol. The fourth-order valence-electron chi connectivity index (χ4n) is 5.10. The van der Waals surface area contributed by atoms with Crippen molar-refractivity contribution in [1.82, 2.24) is 4.90 Å². The molecule has 8 heteroatoms. The SMILES string of the molecule is COCCN1C(N)=C(C#N)[C@@H](c2ccc(OCc3ccccc3F)c(OC)c2)C2=C1CC(C)(C)CC2=O. The number of carbonyl (C=O) groups is 1. The average Bonchev–Trinajstić information content (AvgIpc) is 2.86. The third kappa shape index (κ3) is 5.18. The molecule has 0 spiro atoms. The van der Waals surface area contributed by atoms with Crippen molar-refractivity contribution in [2.75, 3.05) is 27.4 Å². The van der Waals surface area contributed by atoms with Crippen LogP contribution >= 0.6 is 0 Å². The molecule has 2 aromatic carbocycles. The summed E-state index contributed by atoms with van der Waals surface area (Å²) in [6.07, 6.45) is 1.02. The molecule has 0 fully saturated rings. The number of hydrogen-bond donors (Lipinski definition) is 1. The number of Topliss-reactive ketones (excluding diaryl/α,β-unsaturated/α-hetero) is 1. The number of ether oxygens (including phenoxy) is 3. The Morgan fingerprint density at radius 3 is 2.59 bits per heavy atom. The molecule has 1 aliphatic carbocycles. The van der Waals surface area contributed by atoms with E-state index in [4.69, 9.17) is 19.9 Å². The number of nitriles is 1. The molecule has 1 aliphatic heterocycles. The van der Waals surface area contributed by atoms with E-state index in [1.807, 2.05) is 4.90 Å². The number of hydrogen-bond acceptors (Lipinski definition) is 7. The largest absolute Gasteiger partial charge is 0.493 e. The van der Waals surface area contributed by atoms with Gasteiger partial charge in [0, 0.05) is 36.9 Å². The van der Waals surface area contributed by atoms with Crippen molar-refractivity contribution in [3.63, 3.8) is 0 Å². The highest BCUT2D eigenvalue weighted by Gasteiger charge is 2.44. The monoisotopic (exact) mass is 505 g/mol. The first-order valence-corrected chi connectivity index (χ1v) is 12.2. The van der Waals surface area contributed by atoms with Crippen LogP contribution in [0.5, 0.6) is 11.5 Å².